The maximum absolute atomic E-state index is 11.7. The molecule has 1 aliphatic heterocycles. The maximum atomic E-state index is 11.7. The molecule has 1 heterocycles. The van der Waals surface area contributed by atoms with Gasteiger partial charge in [-0.15, -0.1) is 0 Å². The van der Waals surface area contributed by atoms with Crippen LogP contribution in [0.4, 0.5) is 4.79 Å². The molecule has 16 heavy (non-hydrogen) atoms. The molecule has 4 nitrogen and oxygen atoms in total. The van der Waals surface area contributed by atoms with Gasteiger partial charge < -0.3 is 10.1 Å². The zero-order valence-corrected chi connectivity index (χ0v) is 11.1. The second-order valence-electron chi connectivity index (χ2n) is 5.88. The zero-order chi connectivity index (χ0) is 12.4. The average Bonchev–Trinajstić information content (AvgIpc) is 2.49. The number of ether oxygens (including phenoxy) is 1. The van der Waals surface area contributed by atoms with Crippen molar-refractivity contribution in [1.82, 2.24) is 10.2 Å². The summed E-state index contributed by atoms with van der Waals surface area (Å²) in [5, 5.41) is 2.92. The number of hydrogen-bond donors (Lipinski definition) is 1. The number of amides is 1. The fraction of sp³-hybridized carbons (Fsp3) is 0.917. The van der Waals surface area contributed by atoms with Gasteiger partial charge in [-0.3, -0.25) is 4.90 Å². The Morgan fingerprint density at radius 2 is 1.62 bits per heavy atom. The molecule has 0 aromatic heterocycles. The largest absolute Gasteiger partial charge is 0.444 e. The Kier molecular flexibility index (Phi) is 3.84. The fourth-order valence-electron chi connectivity index (χ4n) is 1.91. The number of carbonyl (C=O) groups is 1. The smallest absolute Gasteiger partial charge is 0.409 e. The van der Waals surface area contributed by atoms with Gasteiger partial charge in [0.1, 0.15) is 5.60 Å². The Morgan fingerprint density at radius 1 is 1.12 bits per heavy atom. The van der Waals surface area contributed by atoms with Crippen molar-refractivity contribution >= 4 is 6.09 Å². The molecule has 4 heteroatoms. The van der Waals surface area contributed by atoms with E-state index in [-0.39, 0.29) is 11.8 Å². The third-order valence-corrected chi connectivity index (χ3v) is 2.70. The van der Waals surface area contributed by atoms with Crippen LogP contribution < -0.4 is 5.32 Å². The van der Waals surface area contributed by atoms with Crippen LogP contribution >= 0.6 is 0 Å². The van der Waals surface area contributed by atoms with Crippen LogP contribution in [0.1, 0.15) is 47.5 Å². The molecule has 0 radical (unpaired) electrons. The number of hydrogen-bond acceptors (Lipinski definition) is 3. The van der Waals surface area contributed by atoms with Gasteiger partial charge in [0.2, 0.25) is 0 Å². The van der Waals surface area contributed by atoms with Crippen molar-refractivity contribution in [1.29, 1.82) is 0 Å². The van der Waals surface area contributed by atoms with Crippen LogP contribution in [0.5, 0.6) is 0 Å². The highest BCUT2D eigenvalue weighted by molar-refractivity contribution is 5.68. The maximum Gasteiger partial charge on any atom is 0.409 e. The Labute approximate surface area is 98.3 Å². The molecule has 1 N–H and O–H groups in total. The molecule has 0 aliphatic carbocycles. The third-order valence-electron chi connectivity index (χ3n) is 2.70. The minimum absolute atomic E-state index is 0.321. The molecule has 1 aliphatic rings. The minimum Gasteiger partial charge on any atom is -0.444 e. The van der Waals surface area contributed by atoms with Crippen LogP contribution in [-0.4, -0.2) is 35.3 Å². The lowest BCUT2D eigenvalue weighted by Gasteiger charge is -2.36. The summed E-state index contributed by atoms with van der Waals surface area (Å²) < 4.78 is 5.26. The van der Waals surface area contributed by atoms with Crippen molar-refractivity contribution in [3.05, 3.63) is 0 Å². The summed E-state index contributed by atoms with van der Waals surface area (Å²) in [6.07, 6.45) is 2.07. The second-order valence-corrected chi connectivity index (χ2v) is 5.88. The molecule has 1 rings (SSSR count). The first-order chi connectivity index (χ1) is 7.21. The standard InChI is InChI=1S/C12H24N2O2/c1-11(2,3)16-10(15)13-12(4,5)14-8-6-7-9-14/h6-9H2,1-5H3,(H,13,15). The Morgan fingerprint density at radius 3 is 2.06 bits per heavy atom. The zero-order valence-electron chi connectivity index (χ0n) is 11.1. The Bertz CT molecular complexity index is 250. The number of carbonyl (C=O) groups excluding carboxylic acids is 1. The van der Waals surface area contributed by atoms with Crippen molar-refractivity contribution in [2.24, 2.45) is 0 Å². The molecule has 0 bridgehead atoms. The van der Waals surface area contributed by atoms with Gasteiger partial charge in [0, 0.05) is 13.1 Å². The van der Waals surface area contributed by atoms with Crippen molar-refractivity contribution in [2.45, 2.75) is 58.7 Å². The van der Waals surface area contributed by atoms with E-state index < -0.39 is 5.60 Å². The average molecular weight is 228 g/mol. The summed E-state index contributed by atoms with van der Waals surface area (Å²) in [7, 11) is 0. The van der Waals surface area contributed by atoms with Crippen LogP contribution in [0.15, 0.2) is 0 Å². The third kappa shape index (κ3) is 4.00. The van der Waals surface area contributed by atoms with Crippen LogP contribution in [-0.2, 0) is 4.74 Å². The van der Waals surface area contributed by atoms with Gasteiger partial charge in [0.25, 0.3) is 0 Å². The highest BCUT2D eigenvalue weighted by atomic mass is 16.6. The molecule has 0 spiro atoms. The molecule has 0 atom stereocenters. The number of nitrogens with one attached hydrogen (secondary N) is 1. The van der Waals surface area contributed by atoms with Gasteiger partial charge in [-0.1, -0.05) is 0 Å². The Hall–Kier alpha value is -0.770. The van der Waals surface area contributed by atoms with E-state index in [1.807, 2.05) is 34.6 Å². The summed E-state index contributed by atoms with van der Waals surface area (Å²) in [5.41, 5.74) is -0.760. The van der Waals surface area contributed by atoms with Crippen LogP contribution in [0, 0.1) is 0 Å². The molecule has 1 saturated heterocycles. The molecule has 1 amide bonds. The number of alkyl carbamates (subject to hydrolysis) is 1. The van der Waals surface area contributed by atoms with Crippen LogP contribution in [0.3, 0.4) is 0 Å². The first-order valence-corrected chi connectivity index (χ1v) is 5.97. The molecule has 94 valence electrons. The van der Waals surface area contributed by atoms with Gasteiger partial charge in [0.05, 0.1) is 5.66 Å². The summed E-state index contributed by atoms with van der Waals surface area (Å²) in [5.74, 6) is 0. The minimum atomic E-state index is -0.439. The summed E-state index contributed by atoms with van der Waals surface area (Å²) in [4.78, 5) is 13.9. The molecule has 0 aromatic rings. The van der Waals surface area contributed by atoms with E-state index in [1.54, 1.807) is 0 Å². The van der Waals surface area contributed by atoms with E-state index in [9.17, 15) is 4.79 Å². The van der Waals surface area contributed by atoms with Crippen molar-refractivity contribution in [3.63, 3.8) is 0 Å². The molecular weight excluding hydrogens is 204 g/mol. The number of nitrogens with zero attached hydrogens (tertiary/aromatic N) is 1. The van der Waals surface area contributed by atoms with Crippen molar-refractivity contribution < 1.29 is 9.53 Å². The molecule has 0 unspecified atom stereocenters. The van der Waals surface area contributed by atoms with Crippen LogP contribution in [0.2, 0.25) is 0 Å². The lowest BCUT2D eigenvalue weighted by Crippen LogP contribution is -2.56. The van der Waals surface area contributed by atoms with E-state index in [0.717, 1.165) is 13.1 Å². The number of likely N-dealkylation sites (tertiary alicyclic amines) is 1. The second kappa shape index (κ2) is 4.62. The van der Waals surface area contributed by atoms with Gasteiger partial charge in [-0.05, 0) is 47.5 Å². The normalized spacial score (nSPS) is 18.6. The molecular formula is C12H24N2O2. The van der Waals surface area contributed by atoms with Crippen LogP contribution in [0.25, 0.3) is 0 Å². The van der Waals surface area contributed by atoms with E-state index in [2.05, 4.69) is 10.2 Å². The highest BCUT2D eigenvalue weighted by Gasteiger charge is 2.31. The summed E-state index contributed by atoms with van der Waals surface area (Å²) in [6.45, 7) is 11.7. The first kappa shape index (κ1) is 13.3. The van der Waals surface area contributed by atoms with E-state index >= 15 is 0 Å². The summed E-state index contributed by atoms with van der Waals surface area (Å²) in [6, 6.07) is 0. The quantitative estimate of drug-likeness (QED) is 0.788. The SMILES string of the molecule is CC(C)(C)OC(=O)NC(C)(C)N1CCCC1. The predicted molar refractivity (Wildman–Crippen MR) is 64.3 cm³/mol. The van der Waals surface area contributed by atoms with Crippen molar-refractivity contribution in [2.75, 3.05) is 13.1 Å². The van der Waals surface area contributed by atoms with Crippen molar-refractivity contribution in [3.8, 4) is 0 Å². The lowest BCUT2D eigenvalue weighted by molar-refractivity contribution is 0.0311. The highest BCUT2D eigenvalue weighted by Crippen LogP contribution is 2.19. The fourth-order valence-corrected chi connectivity index (χ4v) is 1.91. The molecule has 1 fully saturated rings. The first-order valence-electron chi connectivity index (χ1n) is 5.97. The van der Waals surface area contributed by atoms with Gasteiger partial charge in [0.15, 0.2) is 0 Å². The van der Waals surface area contributed by atoms with Gasteiger partial charge in [-0.2, -0.15) is 0 Å². The predicted octanol–water partition coefficient (Wildman–Crippen LogP) is 2.34. The lowest BCUT2D eigenvalue weighted by atomic mass is 10.2. The van der Waals surface area contributed by atoms with E-state index in [1.165, 1.54) is 12.8 Å². The molecule has 0 aromatic carbocycles. The van der Waals surface area contributed by atoms with E-state index in [0.29, 0.717) is 0 Å². The number of rotatable bonds is 2. The Balaban J connectivity index is 2.48. The van der Waals surface area contributed by atoms with Gasteiger partial charge in [-0.25, -0.2) is 4.79 Å². The topological polar surface area (TPSA) is 41.6 Å². The van der Waals surface area contributed by atoms with E-state index in [4.69, 9.17) is 4.74 Å². The van der Waals surface area contributed by atoms with Gasteiger partial charge >= 0.3 is 6.09 Å². The summed E-state index contributed by atoms with van der Waals surface area (Å²) >= 11 is 0. The molecule has 0 saturated carbocycles. The monoisotopic (exact) mass is 228 g/mol.